The number of carbonyl (C=O) groups is 2. The highest BCUT2D eigenvalue weighted by Crippen LogP contribution is 2.36. The number of aromatic amines is 1. The third-order valence-corrected chi connectivity index (χ3v) is 7.01. The highest BCUT2D eigenvalue weighted by atomic mass is 35.5. The standard InChI is InChI=1S/C31H34ClF2N7O2.C2H6/c1-4-20(9-7-13-35-27(42)12-8-14-41(2)3)29(43)38-21-15-22(17-31(33,34)16-21)39-30-37-19-25(32)28(40-30)24-18-36-26-11-6-5-10-23(24)26;1-2/h4-13,18-19,21-22,36H,1,14-17H2,2-3H3,(H,35,42)(H,38,43)(H,37,39,40);1-2H3/b12-8+,13-7+,20-9+;. The number of hydrogen-bond donors (Lipinski definition) is 4. The van der Waals surface area contributed by atoms with Gasteiger partial charge in [-0.05, 0) is 38.7 Å². The number of amides is 2. The van der Waals surface area contributed by atoms with Crippen LogP contribution in [0.3, 0.4) is 0 Å². The Labute approximate surface area is 267 Å². The zero-order chi connectivity index (χ0) is 33.0. The van der Waals surface area contributed by atoms with Crippen molar-refractivity contribution >= 4 is 40.3 Å². The summed E-state index contributed by atoms with van der Waals surface area (Å²) in [6.45, 7) is 8.26. The number of aromatic nitrogens is 3. The molecule has 2 atom stereocenters. The Bertz CT molecular complexity index is 1570. The Kier molecular flexibility index (Phi) is 13.0. The molecule has 0 saturated heterocycles. The minimum atomic E-state index is -3.03. The lowest BCUT2D eigenvalue weighted by Gasteiger charge is -2.35. The number of likely N-dealkylation sites (N-methyl/N-ethyl adjacent to an activating group) is 1. The number of H-pyrrole nitrogens is 1. The highest BCUT2D eigenvalue weighted by Gasteiger charge is 2.42. The van der Waals surface area contributed by atoms with Gasteiger partial charge in [0.1, 0.15) is 0 Å². The van der Waals surface area contributed by atoms with Crippen LogP contribution in [-0.2, 0) is 9.59 Å². The second-order valence-electron chi connectivity index (χ2n) is 10.5. The molecule has 3 aromatic rings. The molecule has 1 aliphatic rings. The fourth-order valence-electron chi connectivity index (χ4n) is 4.82. The van der Waals surface area contributed by atoms with Crippen molar-refractivity contribution in [3.63, 3.8) is 0 Å². The van der Waals surface area contributed by atoms with Gasteiger partial charge in [-0.3, -0.25) is 9.59 Å². The zero-order valence-corrected chi connectivity index (χ0v) is 26.7. The Morgan fingerprint density at radius 2 is 1.93 bits per heavy atom. The Hall–Kier alpha value is -4.35. The van der Waals surface area contributed by atoms with E-state index in [-0.39, 0.29) is 23.8 Å². The van der Waals surface area contributed by atoms with Crippen molar-refractivity contribution in [3.05, 3.63) is 90.4 Å². The summed E-state index contributed by atoms with van der Waals surface area (Å²) in [5.74, 6) is -3.74. The van der Waals surface area contributed by atoms with E-state index in [0.29, 0.717) is 17.3 Å². The third-order valence-electron chi connectivity index (χ3n) is 6.74. The lowest BCUT2D eigenvalue weighted by molar-refractivity contribution is -0.119. The molecule has 1 aromatic carbocycles. The van der Waals surface area contributed by atoms with Crippen LogP contribution >= 0.6 is 11.6 Å². The first-order valence-electron chi connectivity index (χ1n) is 14.7. The number of hydrogen-bond acceptors (Lipinski definition) is 6. The first kappa shape index (κ1) is 35.1. The Morgan fingerprint density at radius 1 is 1.20 bits per heavy atom. The van der Waals surface area contributed by atoms with E-state index in [9.17, 15) is 18.4 Å². The molecule has 2 aromatic heterocycles. The highest BCUT2D eigenvalue weighted by molar-refractivity contribution is 6.33. The van der Waals surface area contributed by atoms with E-state index in [1.807, 2.05) is 57.1 Å². The predicted molar refractivity (Wildman–Crippen MR) is 177 cm³/mol. The summed E-state index contributed by atoms with van der Waals surface area (Å²) in [6.07, 6.45) is 11.2. The van der Waals surface area contributed by atoms with Gasteiger partial charge in [0.2, 0.25) is 11.9 Å². The molecule has 2 amide bonds. The number of halogens is 3. The van der Waals surface area contributed by atoms with Crippen molar-refractivity contribution in [1.29, 1.82) is 0 Å². The van der Waals surface area contributed by atoms with Crippen LogP contribution in [-0.4, -0.2) is 70.3 Å². The van der Waals surface area contributed by atoms with E-state index >= 15 is 0 Å². The molecule has 4 N–H and O–H groups in total. The van der Waals surface area contributed by atoms with Crippen LogP contribution in [0.1, 0.15) is 33.1 Å². The van der Waals surface area contributed by atoms with Gasteiger partial charge >= 0.3 is 0 Å². The molecule has 1 aliphatic carbocycles. The first-order valence-corrected chi connectivity index (χ1v) is 15.1. The number of benzene rings is 1. The summed E-state index contributed by atoms with van der Waals surface area (Å²) in [7, 11) is 3.77. The summed E-state index contributed by atoms with van der Waals surface area (Å²) >= 11 is 6.41. The quantitative estimate of drug-likeness (QED) is 0.146. The topological polar surface area (TPSA) is 115 Å². The molecule has 9 nitrogen and oxygen atoms in total. The molecule has 0 spiro atoms. The smallest absolute Gasteiger partial charge is 0.252 e. The maximum absolute atomic E-state index is 14.8. The van der Waals surface area contributed by atoms with Crippen molar-refractivity contribution < 1.29 is 18.4 Å². The van der Waals surface area contributed by atoms with Crippen molar-refractivity contribution in [3.8, 4) is 11.3 Å². The van der Waals surface area contributed by atoms with E-state index in [1.54, 1.807) is 12.3 Å². The van der Waals surface area contributed by atoms with Crippen molar-refractivity contribution in [1.82, 2.24) is 30.5 Å². The molecule has 2 heterocycles. The van der Waals surface area contributed by atoms with Crippen molar-refractivity contribution in [2.75, 3.05) is 26.0 Å². The van der Waals surface area contributed by atoms with Gasteiger partial charge in [0.15, 0.2) is 0 Å². The van der Waals surface area contributed by atoms with Gasteiger partial charge in [0, 0.05) is 72.0 Å². The predicted octanol–water partition coefficient (Wildman–Crippen LogP) is 6.25. The van der Waals surface area contributed by atoms with Crippen LogP contribution in [0.25, 0.3) is 22.2 Å². The summed E-state index contributed by atoms with van der Waals surface area (Å²) < 4.78 is 29.6. The summed E-state index contributed by atoms with van der Waals surface area (Å²) in [5.41, 5.74) is 2.31. The number of anilines is 1. The van der Waals surface area contributed by atoms with Crippen LogP contribution in [0.2, 0.25) is 5.02 Å². The second-order valence-corrected chi connectivity index (χ2v) is 10.9. The summed E-state index contributed by atoms with van der Waals surface area (Å²) in [6, 6.07) is 6.15. The molecule has 45 heavy (non-hydrogen) atoms. The second kappa shape index (κ2) is 16.6. The molecule has 0 bridgehead atoms. The van der Waals surface area contributed by atoms with Crippen molar-refractivity contribution in [2.45, 2.75) is 51.1 Å². The molecular weight excluding hydrogens is 600 g/mol. The van der Waals surface area contributed by atoms with Crippen LogP contribution in [0.15, 0.2) is 85.4 Å². The van der Waals surface area contributed by atoms with Crippen LogP contribution < -0.4 is 16.0 Å². The molecule has 1 saturated carbocycles. The summed E-state index contributed by atoms with van der Waals surface area (Å²) in [5, 5.41) is 9.51. The molecular formula is C33H40ClF2N7O2. The third kappa shape index (κ3) is 10.4. The monoisotopic (exact) mass is 639 g/mol. The lowest BCUT2D eigenvalue weighted by Crippen LogP contribution is -2.48. The largest absolute Gasteiger partial charge is 0.360 e. The van der Waals surface area contributed by atoms with Crippen LogP contribution in [0, 0.1) is 0 Å². The van der Waals surface area contributed by atoms with E-state index in [1.165, 1.54) is 36.7 Å². The van der Waals surface area contributed by atoms with Crippen molar-refractivity contribution in [2.24, 2.45) is 0 Å². The number of carbonyl (C=O) groups excluding carboxylic acids is 2. The van der Waals surface area contributed by atoms with E-state index < -0.39 is 36.8 Å². The van der Waals surface area contributed by atoms with Gasteiger partial charge in [-0.25, -0.2) is 18.7 Å². The van der Waals surface area contributed by atoms with Crippen LogP contribution in [0.4, 0.5) is 14.7 Å². The lowest BCUT2D eigenvalue weighted by atomic mass is 9.87. The number of para-hydroxylation sites is 1. The number of nitrogens with zero attached hydrogens (tertiary/aromatic N) is 3. The van der Waals surface area contributed by atoms with E-state index in [2.05, 4.69) is 37.5 Å². The number of allylic oxidation sites excluding steroid dienone is 2. The van der Waals surface area contributed by atoms with Crippen LogP contribution in [0.5, 0.6) is 0 Å². The maximum atomic E-state index is 14.8. The Balaban J connectivity index is 0.00000271. The number of alkyl halides is 2. The SMILES string of the molecule is C=C/C(=C\C=C\NC(=O)/C=C/CN(C)C)C(=O)NC1CC(Nc2ncc(Cl)c(-c3c[nH]c4ccccc34)n2)CC(F)(F)C1.CC. The molecule has 12 heteroatoms. The maximum Gasteiger partial charge on any atom is 0.252 e. The van der Waals surface area contributed by atoms with Gasteiger partial charge in [0.25, 0.3) is 11.8 Å². The minimum Gasteiger partial charge on any atom is -0.360 e. The first-order chi connectivity index (χ1) is 21.5. The molecule has 2 unspecified atom stereocenters. The zero-order valence-electron chi connectivity index (χ0n) is 25.9. The van der Waals surface area contributed by atoms with Gasteiger partial charge in [-0.2, -0.15) is 0 Å². The molecule has 0 aliphatic heterocycles. The average Bonchev–Trinajstić information content (AvgIpc) is 3.42. The molecule has 1 fully saturated rings. The van der Waals surface area contributed by atoms with Gasteiger partial charge < -0.3 is 25.8 Å². The van der Waals surface area contributed by atoms with E-state index in [4.69, 9.17) is 11.6 Å². The minimum absolute atomic E-state index is 0.160. The summed E-state index contributed by atoms with van der Waals surface area (Å²) in [4.78, 5) is 38.5. The van der Waals surface area contributed by atoms with Gasteiger partial charge in [-0.15, -0.1) is 0 Å². The number of rotatable bonds is 11. The fraction of sp³-hybridized carbons (Fsp3) is 0.333. The average molecular weight is 640 g/mol. The van der Waals surface area contributed by atoms with E-state index in [0.717, 1.165) is 16.5 Å². The number of fused-ring (bicyclic) bond motifs is 1. The normalized spacial score (nSPS) is 18.1. The molecule has 0 radical (unpaired) electrons. The fourth-order valence-corrected chi connectivity index (χ4v) is 5.01. The van der Waals surface area contributed by atoms with Gasteiger partial charge in [-0.1, -0.05) is 62.4 Å². The molecule has 240 valence electrons. The Morgan fingerprint density at radius 3 is 2.67 bits per heavy atom. The van der Waals surface area contributed by atoms with Gasteiger partial charge in [0.05, 0.1) is 16.9 Å². The molecule has 4 rings (SSSR count). The number of nitrogens with one attached hydrogen (secondary N) is 4.